The summed E-state index contributed by atoms with van der Waals surface area (Å²) in [5.74, 6) is 2.51. The molecule has 0 aromatic carbocycles. The van der Waals surface area contributed by atoms with Gasteiger partial charge in [0.1, 0.15) is 0 Å². The standard InChI is InChI=1S/C12H21NO/c1-2-12(8-14)13-7-11-6-9-3-4-10(11)5-9/h3-4,9-14H,2,5-8H2,1H3/t9?,10?,11?,12-/m1/s1. The second kappa shape index (κ2) is 4.45. The van der Waals surface area contributed by atoms with Gasteiger partial charge in [0.25, 0.3) is 0 Å². The Balaban J connectivity index is 1.74. The Labute approximate surface area is 86.4 Å². The molecule has 2 aliphatic rings. The fraction of sp³-hybridized carbons (Fsp3) is 0.833. The van der Waals surface area contributed by atoms with Gasteiger partial charge in [-0.05, 0) is 43.6 Å². The van der Waals surface area contributed by atoms with Crippen LogP contribution in [-0.4, -0.2) is 24.3 Å². The third-order valence-electron chi connectivity index (χ3n) is 3.80. The Kier molecular flexibility index (Phi) is 3.24. The minimum absolute atomic E-state index is 0.271. The fourth-order valence-electron chi connectivity index (χ4n) is 2.79. The average molecular weight is 195 g/mol. The van der Waals surface area contributed by atoms with Crippen LogP contribution in [0.2, 0.25) is 0 Å². The maximum atomic E-state index is 9.06. The molecule has 2 rings (SSSR count). The maximum Gasteiger partial charge on any atom is 0.0584 e. The van der Waals surface area contributed by atoms with Crippen molar-refractivity contribution < 1.29 is 5.11 Å². The van der Waals surface area contributed by atoms with Gasteiger partial charge in [-0.15, -0.1) is 0 Å². The van der Waals surface area contributed by atoms with Gasteiger partial charge in [0.2, 0.25) is 0 Å². The molecule has 2 bridgehead atoms. The molecule has 3 unspecified atom stereocenters. The lowest BCUT2D eigenvalue weighted by atomic mass is 9.93. The van der Waals surface area contributed by atoms with Gasteiger partial charge in [-0.1, -0.05) is 19.1 Å². The fourth-order valence-corrected chi connectivity index (χ4v) is 2.79. The lowest BCUT2D eigenvalue weighted by Crippen LogP contribution is -2.36. The van der Waals surface area contributed by atoms with Crippen molar-refractivity contribution in [2.45, 2.75) is 32.2 Å². The molecule has 0 aromatic rings. The zero-order chi connectivity index (χ0) is 9.97. The number of aliphatic hydroxyl groups excluding tert-OH is 1. The number of hydrogen-bond acceptors (Lipinski definition) is 2. The highest BCUT2D eigenvalue weighted by Crippen LogP contribution is 2.42. The third kappa shape index (κ3) is 2.01. The molecule has 80 valence electrons. The topological polar surface area (TPSA) is 32.3 Å². The quantitative estimate of drug-likeness (QED) is 0.652. The van der Waals surface area contributed by atoms with Crippen molar-refractivity contribution in [3.05, 3.63) is 12.2 Å². The molecule has 0 heterocycles. The van der Waals surface area contributed by atoms with Crippen molar-refractivity contribution in [1.29, 1.82) is 0 Å². The molecule has 0 amide bonds. The predicted octanol–water partition coefficient (Wildman–Crippen LogP) is 1.56. The summed E-state index contributed by atoms with van der Waals surface area (Å²) in [5, 5.41) is 12.5. The molecule has 1 saturated carbocycles. The molecule has 2 nitrogen and oxygen atoms in total. The highest BCUT2D eigenvalue weighted by Gasteiger charge is 2.35. The van der Waals surface area contributed by atoms with E-state index >= 15 is 0 Å². The van der Waals surface area contributed by atoms with Crippen molar-refractivity contribution >= 4 is 0 Å². The van der Waals surface area contributed by atoms with E-state index in [4.69, 9.17) is 5.11 Å². The number of nitrogens with one attached hydrogen (secondary N) is 1. The van der Waals surface area contributed by atoms with E-state index in [1.54, 1.807) is 0 Å². The lowest BCUT2D eigenvalue weighted by molar-refractivity contribution is 0.230. The van der Waals surface area contributed by atoms with E-state index in [1.165, 1.54) is 12.8 Å². The smallest absolute Gasteiger partial charge is 0.0584 e. The van der Waals surface area contributed by atoms with Gasteiger partial charge < -0.3 is 10.4 Å². The van der Waals surface area contributed by atoms with Crippen molar-refractivity contribution in [2.75, 3.05) is 13.2 Å². The second-order valence-corrected chi connectivity index (χ2v) is 4.74. The number of allylic oxidation sites excluding steroid dienone is 2. The number of hydrogen-bond donors (Lipinski definition) is 2. The predicted molar refractivity (Wildman–Crippen MR) is 58.0 cm³/mol. The van der Waals surface area contributed by atoms with Crippen LogP contribution in [0, 0.1) is 17.8 Å². The maximum absolute atomic E-state index is 9.06. The highest BCUT2D eigenvalue weighted by molar-refractivity contribution is 5.10. The Morgan fingerprint density at radius 3 is 2.79 bits per heavy atom. The summed E-state index contributed by atoms with van der Waals surface area (Å²) >= 11 is 0. The second-order valence-electron chi connectivity index (χ2n) is 4.74. The van der Waals surface area contributed by atoms with Gasteiger partial charge in [0, 0.05) is 6.04 Å². The van der Waals surface area contributed by atoms with E-state index < -0.39 is 0 Å². The molecule has 0 spiro atoms. The summed E-state index contributed by atoms with van der Waals surface area (Å²) in [6.07, 6.45) is 8.52. The SMILES string of the molecule is CC[C@H](CO)NCC1CC2C=CC1C2. The Bertz CT molecular complexity index is 210. The van der Waals surface area contributed by atoms with E-state index in [1.807, 2.05) is 0 Å². The van der Waals surface area contributed by atoms with E-state index in [0.717, 1.165) is 30.7 Å². The minimum Gasteiger partial charge on any atom is -0.395 e. The highest BCUT2D eigenvalue weighted by atomic mass is 16.3. The van der Waals surface area contributed by atoms with Crippen LogP contribution in [0.1, 0.15) is 26.2 Å². The van der Waals surface area contributed by atoms with Crippen LogP contribution >= 0.6 is 0 Å². The van der Waals surface area contributed by atoms with Gasteiger partial charge in [0.05, 0.1) is 6.61 Å². The van der Waals surface area contributed by atoms with E-state index in [2.05, 4.69) is 24.4 Å². The van der Waals surface area contributed by atoms with Gasteiger partial charge in [-0.3, -0.25) is 0 Å². The monoisotopic (exact) mass is 195 g/mol. The summed E-state index contributed by atoms with van der Waals surface area (Å²) in [6.45, 7) is 3.48. The average Bonchev–Trinajstić information content (AvgIpc) is 2.80. The van der Waals surface area contributed by atoms with Crippen molar-refractivity contribution in [1.82, 2.24) is 5.32 Å². The zero-order valence-corrected chi connectivity index (χ0v) is 8.95. The first-order valence-electron chi connectivity index (χ1n) is 5.86. The summed E-state index contributed by atoms with van der Waals surface area (Å²) in [5.41, 5.74) is 0. The molecule has 0 aromatic heterocycles. The largest absolute Gasteiger partial charge is 0.395 e. The summed E-state index contributed by atoms with van der Waals surface area (Å²) in [7, 11) is 0. The van der Waals surface area contributed by atoms with Crippen LogP contribution in [0.25, 0.3) is 0 Å². The van der Waals surface area contributed by atoms with Crippen molar-refractivity contribution in [3.8, 4) is 0 Å². The molecule has 4 atom stereocenters. The van der Waals surface area contributed by atoms with E-state index in [9.17, 15) is 0 Å². The van der Waals surface area contributed by atoms with Gasteiger partial charge in [0.15, 0.2) is 0 Å². The molecule has 2 N–H and O–H groups in total. The molecule has 14 heavy (non-hydrogen) atoms. The van der Waals surface area contributed by atoms with Gasteiger partial charge in [-0.25, -0.2) is 0 Å². The Hall–Kier alpha value is -0.340. The number of aliphatic hydroxyl groups is 1. The van der Waals surface area contributed by atoms with Crippen LogP contribution < -0.4 is 5.32 Å². The molecule has 0 saturated heterocycles. The van der Waals surface area contributed by atoms with E-state index in [0.29, 0.717) is 6.04 Å². The normalized spacial score (nSPS) is 36.6. The van der Waals surface area contributed by atoms with Gasteiger partial charge >= 0.3 is 0 Å². The Morgan fingerprint density at radius 1 is 1.43 bits per heavy atom. The van der Waals surface area contributed by atoms with Crippen molar-refractivity contribution in [3.63, 3.8) is 0 Å². The minimum atomic E-state index is 0.271. The molecular weight excluding hydrogens is 174 g/mol. The van der Waals surface area contributed by atoms with Crippen LogP contribution in [0.3, 0.4) is 0 Å². The van der Waals surface area contributed by atoms with Gasteiger partial charge in [-0.2, -0.15) is 0 Å². The number of rotatable bonds is 5. The van der Waals surface area contributed by atoms with Crippen LogP contribution in [0.15, 0.2) is 12.2 Å². The third-order valence-corrected chi connectivity index (χ3v) is 3.80. The summed E-state index contributed by atoms with van der Waals surface area (Å²) in [4.78, 5) is 0. The zero-order valence-electron chi connectivity index (χ0n) is 8.95. The summed E-state index contributed by atoms with van der Waals surface area (Å²) < 4.78 is 0. The first-order valence-corrected chi connectivity index (χ1v) is 5.86. The molecular formula is C12H21NO. The van der Waals surface area contributed by atoms with Crippen molar-refractivity contribution in [2.24, 2.45) is 17.8 Å². The van der Waals surface area contributed by atoms with Crippen LogP contribution in [0.5, 0.6) is 0 Å². The lowest BCUT2D eigenvalue weighted by Gasteiger charge is -2.22. The Morgan fingerprint density at radius 2 is 2.29 bits per heavy atom. The van der Waals surface area contributed by atoms with Crippen LogP contribution in [-0.2, 0) is 0 Å². The molecule has 2 aliphatic carbocycles. The van der Waals surface area contributed by atoms with Crippen LogP contribution in [0.4, 0.5) is 0 Å². The number of fused-ring (bicyclic) bond motifs is 2. The molecule has 0 aliphatic heterocycles. The van der Waals surface area contributed by atoms with E-state index in [-0.39, 0.29) is 6.61 Å². The summed E-state index contributed by atoms with van der Waals surface area (Å²) in [6, 6.07) is 0.304. The molecule has 0 radical (unpaired) electrons. The molecule has 2 heteroatoms. The molecule has 1 fully saturated rings. The first-order chi connectivity index (χ1) is 6.83. The first kappa shape index (κ1) is 10.2.